The Morgan fingerprint density at radius 2 is 2.00 bits per heavy atom. The van der Waals surface area contributed by atoms with Gasteiger partial charge in [0, 0.05) is 0 Å². The zero-order chi connectivity index (χ0) is 14.8. The highest BCUT2D eigenvalue weighted by Crippen LogP contribution is 2.33. The van der Waals surface area contributed by atoms with E-state index < -0.39 is 0 Å². The second-order valence-corrected chi connectivity index (χ2v) is 5.97. The Bertz CT molecular complexity index is 767. The van der Waals surface area contributed by atoms with Gasteiger partial charge in [0.05, 0.1) is 17.2 Å². The van der Waals surface area contributed by atoms with Crippen LogP contribution in [0.4, 0.5) is 11.5 Å². The summed E-state index contributed by atoms with van der Waals surface area (Å²) in [6.07, 6.45) is 1.72. The van der Waals surface area contributed by atoms with Crippen molar-refractivity contribution >= 4 is 33.1 Å². The zero-order valence-corrected chi connectivity index (χ0v) is 13.1. The number of fused-ring (bicyclic) bond motifs is 1. The topological polar surface area (TPSA) is 47.0 Å². The van der Waals surface area contributed by atoms with E-state index in [1.165, 1.54) is 5.56 Å². The maximum absolute atomic E-state index is 5.84. The van der Waals surface area contributed by atoms with Gasteiger partial charge in [0.1, 0.15) is 22.7 Å². The number of aryl methyl sites for hydroxylation is 1. The minimum absolute atomic E-state index is 0.126. The highest BCUT2D eigenvalue weighted by Gasteiger charge is 2.11. The predicted molar refractivity (Wildman–Crippen MR) is 87.6 cm³/mol. The Hall–Kier alpha value is -2.14. The Morgan fingerprint density at radius 3 is 2.81 bits per heavy atom. The van der Waals surface area contributed by atoms with Crippen LogP contribution >= 0.6 is 11.3 Å². The van der Waals surface area contributed by atoms with Crippen molar-refractivity contribution in [3.8, 4) is 5.75 Å². The minimum atomic E-state index is 0.126. The fraction of sp³-hybridized carbons (Fsp3) is 0.250. The molecule has 0 radical (unpaired) electrons. The van der Waals surface area contributed by atoms with Crippen LogP contribution in [-0.2, 0) is 0 Å². The van der Waals surface area contributed by atoms with Gasteiger partial charge in [-0.2, -0.15) is 0 Å². The van der Waals surface area contributed by atoms with Gasteiger partial charge in [-0.25, -0.2) is 9.97 Å². The fourth-order valence-corrected chi connectivity index (χ4v) is 3.06. The molecule has 0 fully saturated rings. The third-order valence-electron chi connectivity index (χ3n) is 3.06. The van der Waals surface area contributed by atoms with Gasteiger partial charge in [-0.3, -0.25) is 0 Å². The molecule has 2 aromatic heterocycles. The van der Waals surface area contributed by atoms with Crippen molar-refractivity contribution in [1.82, 2.24) is 9.97 Å². The van der Waals surface area contributed by atoms with Gasteiger partial charge >= 0.3 is 0 Å². The van der Waals surface area contributed by atoms with E-state index in [1.54, 1.807) is 17.7 Å². The number of nitrogens with zero attached hydrogens (tertiary/aromatic N) is 2. The van der Waals surface area contributed by atoms with Gasteiger partial charge in [-0.15, -0.1) is 11.3 Å². The van der Waals surface area contributed by atoms with Crippen LogP contribution in [0, 0.1) is 6.92 Å². The molecule has 108 valence electrons. The maximum Gasteiger partial charge on any atom is 0.143 e. The van der Waals surface area contributed by atoms with Gasteiger partial charge in [0.25, 0.3) is 0 Å². The van der Waals surface area contributed by atoms with Gasteiger partial charge in [-0.1, -0.05) is 12.1 Å². The molecule has 0 aliphatic carbocycles. The number of hydrogen-bond acceptors (Lipinski definition) is 5. The Balaban J connectivity index is 2.01. The molecule has 0 aliphatic heterocycles. The Kier molecular flexibility index (Phi) is 3.75. The van der Waals surface area contributed by atoms with Crippen LogP contribution in [0.2, 0.25) is 0 Å². The number of thiophene rings is 1. The van der Waals surface area contributed by atoms with E-state index in [4.69, 9.17) is 4.74 Å². The fourth-order valence-electron chi connectivity index (χ4n) is 2.17. The average Bonchev–Trinajstić information content (AvgIpc) is 2.83. The molecule has 5 heteroatoms. The summed E-state index contributed by atoms with van der Waals surface area (Å²) in [4.78, 5) is 9.69. The van der Waals surface area contributed by atoms with E-state index in [-0.39, 0.29) is 6.10 Å². The molecule has 0 aliphatic rings. The molecule has 0 unspecified atom stereocenters. The second kappa shape index (κ2) is 5.69. The first kappa shape index (κ1) is 13.8. The van der Waals surface area contributed by atoms with Crippen molar-refractivity contribution in [2.45, 2.75) is 26.9 Å². The second-order valence-electron chi connectivity index (χ2n) is 5.11. The Labute approximate surface area is 127 Å². The molecular formula is C16H17N3OS. The molecular weight excluding hydrogens is 282 g/mol. The predicted octanol–water partition coefficient (Wildman–Crippen LogP) is 4.53. The van der Waals surface area contributed by atoms with Gasteiger partial charge in [-0.05, 0) is 43.8 Å². The summed E-state index contributed by atoms with van der Waals surface area (Å²) in [6.45, 7) is 6.11. The third kappa shape index (κ3) is 2.83. The first-order valence-corrected chi connectivity index (χ1v) is 7.74. The van der Waals surface area contributed by atoms with E-state index in [0.29, 0.717) is 0 Å². The summed E-state index contributed by atoms with van der Waals surface area (Å²) >= 11 is 1.63. The number of ether oxygens (including phenoxy) is 1. The van der Waals surface area contributed by atoms with Crippen molar-refractivity contribution < 1.29 is 4.74 Å². The first-order chi connectivity index (χ1) is 10.1. The molecule has 0 bridgehead atoms. The smallest absolute Gasteiger partial charge is 0.143 e. The molecule has 1 aromatic carbocycles. The molecule has 0 spiro atoms. The molecule has 0 amide bonds. The normalized spacial score (nSPS) is 11.0. The van der Waals surface area contributed by atoms with Crippen LogP contribution in [0.1, 0.15) is 19.4 Å². The lowest BCUT2D eigenvalue weighted by Gasteiger charge is -2.15. The van der Waals surface area contributed by atoms with Crippen LogP contribution in [0.5, 0.6) is 5.75 Å². The summed E-state index contributed by atoms with van der Waals surface area (Å²) in [6, 6.07) is 7.90. The molecule has 3 rings (SSSR count). The van der Waals surface area contributed by atoms with Gasteiger partial charge in [0.2, 0.25) is 0 Å². The number of rotatable bonds is 4. The van der Waals surface area contributed by atoms with Crippen molar-refractivity contribution in [2.75, 3.05) is 5.32 Å². The van der Waals surface area contributed by atoms with E-state index >= 15 is 0 Å². The summed E-state index contributed by atoms with van der Waals surface area (Å²) in [7, 11) is 0. The highest BCUT2D eigenvalue weighted by atomic mass is 32.1. The first-order valence-electron chi connectivity index (χ1n) is 6.86. The van der Waals surface area contributed by atoms with E-state index in [1.807, 2.05) is 38.1 Å². The van der Waals surface area contributed by atoms with E-state index in [9.17, 15) is 0 Å². The zero-order valence-electron chi connectivity index (χ0n) is 12.3. The maximum atomic E-state index is 5.84. The number of hydrogen-bond donors (Lipinski definition) is 1. The largest absolute Gasteiger partial charge is 0.489 e. The number of benzene rings is 1. The molecule has 4 nitrogen and oxygen atoms in total. The van der Waals surface area contributed by atoms with Crippen molar-refractivity contribution in [1.29, 1.82) is 0 Å². The van der Waals surface area contributed by atoms with Crippen LogP contribution < -0.4 is 10.1 Å². The minimum Gasteiger partial charge on any atom is -0.489 e. The third-order valence-corrected chi connectivity index (χ3v) is 4.06. The molecule has 0 saturated carbocycles. The lowest BCUT2D eigenvalue weighted by molar-refractivity contribution is 0.244. The monoisotopic (exact) mass is 299 g/mol. The molecule has 21 heavy (non-hydrogen) atoms. The summed E-state index contributed by atoms with van der Waals surface area (Å²) < 4.78 is 5.84. The lowest BCUT2D eigenvalue weighted by atomic mass is 10.2. The summed E-state index contributed by atoms with van der Waals surface area (Å²) in [5.74, 6) is 1.64. The van der Waals surface area contributed by atoms with Gasteiger partial charge < -0.3 is 10.1 Å². The van der Waals surface area contributed by atoms with E-state index in [2.05, 4.69) is 27.6 Å². The van der Waals surface area contributed by atoms with Crippen LogP contribution in [0.3, 0.4) is 0 Å². The molecule has 2 heterocycles. The van der Waals surface area contributed by atoms with Crippen molar-refractivity contribution in [3.05, 3.63) is 41.5 Å². The lowest BCUT2D eigenvalue weighted by Crippen LogP contribution is -2.07. The highest BCUT2D eigenvalue weighted by molar-refractivity contribution is 7.17. The van der Waals surface area contributed by atoms with Crippen LogP contribution in [0.15, 0.2) is 36.0 Å². The summed E-state index contributed by atoms with van der Waals surface area (Å²) in [5.41, 5.74) is 2.09. The number of nitrogens with one attached hydrogen (secondary N) is 1. The standard InChI is InChI=1S/C16H17N3OS/c1-10(2)20-13-7-5-4-6-12(13)19-15-14-11(3)8-21-16(14)18-9-17-15/h4-10H,1-3H3,(H,17,18,19). The molecule has 0 saturated heterocycles. The quantitative estimate of drug-likeness (QED) is 0.769. The molecule has 3 aromatic rings. The average molecular weight is 299 g/mol. The van der Waals surface area contributed by atoms with Crippen molar-refractivity contribution in [2.24, 2.45) is 0 Å². The van der Waals surface area contributed by atoms with Crippen LogP contribution in [-0.4, -0.2) is 16.1 Å². The van der Waals surface area contributed by atoms with Crippen LogP contribution in [0.25, 0.3) is 10.2 Å². The molecule has 0 atom stereocenters. The van der Waals surface area contributed by atoms with E-state index in [0.717, 1.165) is 27.5 Å². The number of para-hydroxylation sites is 2. The molecule has 1 N–H and O–H groups in total. The SMILES string of the molecule is Cc1csc2ncnc(Nc3ccccc3OC(C)C)c12. The summed E-state index contributed by atoms with van der Waals surface area (Å²) in [5, 5.41) is 6.55. The van der Waals surface area contributed by atoms with Gasteiger partial charge in [0.15, 0.2) is 0 Å². The number of aromatic nitrogens is 2. The Morgan fingerprint density at radius 1 is 1.19 bits per heavy atom. The number of anilines is 2. The van der Waals surface area contributed by atoms with Crippen molar-refractivity contribution in [3.63, 3.8) is 0 Å².